The largest absolute Gasteiger partial charge is 0.506 e. The van der Waals surface area contributed by atoms with E-state index in [0.29, 0.717) is 23.7 Å². The van der Waals surface area contributed by atoms with E-state index in [-0.39, 0.29) is 10.8 Å². The van der Waals surface area contributed by atoms with Crippen LogP contribution in [0.3, 0.4) is 0 Å². The SMILES string of the molecule is Cn1ccc(CNCc2cc(Cl)cc(Cl)c2O)n1. The van der Waals surface area contributed by atoms with Gasteiger partial charge in [-0.2, -0.15) is 5.10 Å². The van der Waals surface area contributed by atoms with Crippen LogP contribution in [0.1, 0.15) is 11.3 Å². The highest BCUT2D eigenvalue weighted by Crippen LogP contribution is 2.30. The van der Waals surface area contributed by atoms with E-state index in [1.54, 1.807) is 10.7 Å². The predicted molar refractivity (Wildman–Crippen MR) is 71.9 cm³/mol. The third kappa shape index (κ3) is 3.16. The van der Waals surface area contributed by atoms with Gasteiger partial charge in [-0.1, -0.05) is 23.2 Å². The molecular weight excluding hydrogens is 273 g/mol. The summed E-state index contributed by atoms with van der Waals surface area (Å²) in [6.45, 7) is 1.09. The van der Waals surface area contributed by atoms with Gasteiger partial charge >= 0.3 is 0 Å². The summed E-state index contributed by atoms with van der Waals surface area (Å²) in [5.74, 6) is 0.0644. The van der Waals surface area contributed by atoms with Crippen molar-refractivity contribution in [2.75, 3.05) is 0 Å². The van der Waals surface area contributed by atoms with Gasteiger partial charge in [-0.05, 0) is 18.2 Å². The number of benzene rings is 1. The van der Waals surface area contributed by atoms with Gasteiger partial charge in [0.2, 0.25) is 0 Å². The molecule has 0 spiro atoms. The molecule has 18 heavy (non-hydrogen) atoms. The van der Waals surface area contributed by atoms with Crippen LogP contribution < -0.4 is 5.32 Å². The first-order valence-corrected chi connectivity index (χ1v) is 6.18. The van der Waals surface area contributed by atoms with E-state index in [1.807, 2.05) is 19.3 Å². The van der Waals surface area contributed by atoms with E-state index in [1.165, 1.54) is 6.07 Å². The Bertz CT molecular complexity index is 554. The second kappa shape index (κ2) is 5.61. The smallest absolute Gasteiger partial charge is 0.138 e. The Hall–Kier alpha value is -1.23. The molecule has 96 valence electrons. The lowest BCUT2D eigenvalue weighted by Gasteiger charge is -2.08. The Balaban J connectivity index is 1.98. The number of rotatable bonds is 4. The summed E-state index contributed by atoms with van der Waals surface area (Å²) in [7, 11) is 1.87. The van der Waals surface area contributed by atoms with Gasteiger partial charge in [0.25, 0.3) is 0 Å². The molecule has 0 aliphatic carbocycles. The fourth-order valence-corrected chi connectivity index (χ4v) is 2.17. The molecule has 0 saturated carbocycles. The van der Waals surface area contributed by atoms with Crippen LogP contribution in [0.2, 0.25) is 10.0 Å². The van der Waals surface area contributed by atoms with Crippen LogP contribution in [0.25, 0.3) is 0 Å². The molecule has 0 atom stereocenters. The summed E-state index contributed by atoms with van der Waals surface area (Å²) >= 11 is 11.7. The number of hydrogen-bond acceptors (Lipinski definition) is 3. The minimum absolute atomic E-state index is 0.0644. The Kier molecular flexibility index (Phi) is 4.11. The molecule has 6 heteroatoms. The molecule has 0 radical (unpaired) electrons. The monoisotopic (exact) mass is 285 g/mol. The summed E-state index contributed by atoms with van der Waals surface area (Å²) in [6, 6.07) is 5.13. The topological polar surface area (TPSA) is 50.1 Å². The molecular formula is C12H13Cl2N3O. The third-order valence-electron chi connectivity index (χ3n) is 2.50. The summed E-state index contributed by atoms with van der Waals surface area (Å²) in [5, 5.41) is 18.0. The fraction of sp³-hybridized carbons (Fsp3) is 0.250. The lowest BCUT2D eigenvalue weighted by atomic mass is 10.2. The van der Waals surface area contributed by atoms with E-state index in [9.17, 15) is 5.11 Å². The van der Waals surface area contributed by atoms with Crippen molar-refractivity contribution >= 4 is 23.2 Å². The zero-order valence-electron chi connectivity index (χ0n) is 9.82. The summed E-state index contributed by atoms with van der Waals surface area (Å²) in [5.41, 5.74) is 1.61. The minimum Gasteiger partial charge on any atom is -0.506 e. The molecule has 0 aliphatic heterocycles. The normalized spacial score (nSPS) is 10.8. The van der Waals surface area contributed by atoms with Crippen LogP contribution >= 0.6 is 23.2 Å². The van der Waals surface area contributed by atoms with Crippen molar-refractivity contribution in [3.63, 3.8) is 0 Å². The highest BCUT2D eigenvalue weighted by atomic mass is 35.5. The number of aromatic nitrogens is 2. The first kappa shape index (κ1) is 13.2. The molecule has 0 bridgehead atoms. The van der Waals surface area contributed by atoms with Crippen molar-refractivity contribution in [3.05, 3.63) is 45.7 Å². The lowest BCUT2D eigenvalue weighted by molar-refractivity contribution is 0.464. The molecule has 0 unspecified atom stereocenters. The van der Waals surface area contributed by atoms with Gasteiger partial charge < -0.3 is 10.4 Å². The van der Waals surface area contributed by atoms with Crippen LogP contribution in [-0.2, 0) is 20.1 Å². The van der Waals surface area contributed by atoms with Gasteiger partial charge in [-0.15, -0.1) is 0 Å². The molecule has 0 amide bonds. The van der Waals surface area contributed by atoms with Crippen LogP contribution in [0.15, 0.2) is 24.4 Å². The number of aryl methyl sites for hydroxylation is 1. The van der Waals surface area contributed by atoms with Crippen molar-refractivity contribution < 1.29 is 5.11 Å². The summed E-state index contributed by atoms with van der Waals surface area (Å²) in [6.07, 6.45) is 1.88. The highest BCUT2D eigenvalue weighted by molar-refractivity contribution is 6.35. The number of aromatic hydroxyl groups is 1. The standard InChI is InChI=1S/C12H13Cl2N3O/c1-17-3-2-10(16-17)7-15-6-8-4-9(13)5-11(14)12(8)18/h2-5,15,18H,6-7H2,1H3. The molecule has 2 N–H and O–H groups in total. The van der Waals surface area contributed by atoms with Gasteiger partial charge in [0.1, 0.15) is 5.75 Å². The molecule has 1 heterocycles. The Morgan fingerprint density at radius 3 is 2.78 bits per heavy atom. The van der Waals surface area contributed by atoms with Gasteiger partial charge in [0.15, 0.2) is 0 Å². The highest BCUT2D eigenvalue weighted by Gasteiger charge is 2.07. The Morgan fingerprint density at radius 1 is 1.33 bits per heavy atom. The Morgan fingerprint density at radius 2 is 2.11 bits per heavy atom. The van der Waals surface area contributed by atoms with Crippen molar-refractivity contribution in [1.29, 1.82) is 0 Å². The number of nitrogens with one attached hydrogen (secondary N) is 1. The van der Waals surface area contributed by atoms with E-state index >= 15 is 0 Å². The number of phenolic OH excluding ortho intramolecular Hbond substituents is 1. The van der Waals surface area contributed by atoms with Crippen molar-refractivity contribution in [2.24, 2.45) is 7.05 Å². The number of halogens is 2. The maximum Gasteiger partial charge on any atom is 0.138 e. The summed E-state index contributed by atoms with van der Waals surface area (Å²) in [4.78, 5) is 0. The van der Waals surface area contributed by atoms with Gasteiger partial charge in [0, 0.05) is 36.9 Å². The Labute approximate surface area is 115 Å². The third-order valence-corrected chi connectivity index (χ3v) is 3.00. The average molecular weight is 286 g/mol. The van der Waals surface area contributed by atoms with Crippen molar-refractivity contribution in [3.8, 4) is 5.75 Å². The van der Waals surface area contributed by atoms with E-state index < -0.39 is 0 Å². The molecule has 0 fully saturated rings. The van der Waals surface area contributed by atoms with Crippen molar-refractivity contribution in [2.45, 2.75) is 13.1 Å². The van der Waals surface area contributed by atoms with Crippen LogP contribution in [-0.4, -0.2) is 14.9 Å². The molecule has 0 saturated heterocycles. The minimum atomic E-state index is 0.0644. The maximum absolute atomic E-state index is 9.77. The molecule has 2 rings (SSSR count). The first-order chi connectivity index (χ1) is 8.56. The van der Waals surface area contributed by atoms with Crippen LogP contribution in [0.4, 0.5) is 0 Å². The molecule has 0 aliphatic rings. The van der Waals surface area contributed by atoms with Gasteiger partial charge in [-0.3, -0.25) is 4.68 Å². The lowest BCUT2D eigenvalue weighted by Crippen LogP contribution is -2.13. The predicted octanol–water partition coefficient (Wildman–Crippen LogP) is 2.72. The van der Waals surface area contributed by atoms with Crippen molar-refractivity contribution in [1.82, 2.24) is 15.1 Å². The number of hydrogen-bond donors (Lipinski definition) is 2. The van der Waals surface area contributed by atoms with E-state index in [0.717, 1.165) is 5.69 Å². The van der Waals surface area contributed by atoms with E-state index in [4.69, 9.17) is 23.2 Å². The quantitative estimate of drug-likeness (QED) is 0.908. The molecule has 1 aromatic heterocycles. The zero-order chi connectivity index (χ0) is 13.1. The zero-order valence-corrected chi connectivity index (χ0v) is 11.3. The second-order valence-corrected chi connectivity index (χ2v) is 4.82. The molecule has 2 aromatic rings. The van der Waals surface area contributed by atoms with E-state index in [2.05, 4.69) is 10.4 Å². The summed E-state index contributed by atoms with van der Waals surface area (Å²) < 4.78 is 1.74. The molecule has 1 aromatic carbocycles. The first-order valence-electron chi connectivity index (χ1n) is 5.42. The molecule has 4 nitrogen and oxygen atoms in total. The van der Waals surface area contributed by atoms with Gasteiger partial charge in [0.05, 0.1) is 10.7 Å². The maximum atomic E-state index is 9.77. The van der Waals surface area contributed by atoms with Crippen LogP contribution in [0, 0.1) is 0 Å². The second-order valence-electron chi connectivity index (χ2n) is 3.98. The number of phenols is 1. The van der Waals surface area contributed by atoms with Crippen LogP contribution in [0.5, 0.6) is 5.75 Å². The average Bonchev–Trinajstić information content (AvgIpc) is 2.71. The van der Waals surface area contributed by atoms with Gasteiger partial charge in [-0.25, -0.2) is 0 Å². The number of nitrogens with zero attached hydrogens (tertiary/aromatic N) is 2. The fourth-order valence-electron chi connectivity index (χ4n) is 1.64.